The summed E-state index contributed by atoms with van der Waals surface area (Å²) in [5.74, 6) is 1.78. The molecule has 0 aliphatic carbocycles. The maximum Gasteiger partial charge on any atom is 0.00160 e. The largest absolute Gasteiger partial charge is 0.302 e. The molecule has 12 heavy (non-hydrogen) atoms. The van der Waals surface area contributed by atoms with Crippen molar-refractivity contribution in [2.75, 3.05) is 19.6 Å². The third kappa shape index (κ3) is 3.16. The van der Waals surface area contributed by atoms with Gasteiger partial charge in [0.15, 0.2) is 0 Å². The normalized spacial score (nSPS) is 29.8. The Morgan fingerprint density at radius 1 is 1.33 bits per heavy atom. The zero-order chi connectivity index (χ0) is 8.27. The van der Waals surface area contributed by atoms with Crippen LogP contribution in [0.2, 0.25) is 0 Å². The van der Waals surface area contributed by atoms with Crippen LogP contribution in [0.4, 0.5) is 0 Å². The average Bonchev–Trinajstić information content (AvgIpc) is 2.28. The van der Waals surface area contributed by atoms with E-state index in [2.05, 4.69) is 25.3 Å². The predicted molar refractivity (Wildman–Crippen MR) is 56.8 cm³/mol. The minimum absolute atomic E-state index is 0. The van der Waals surface area contributed by atoms with Crippen molar-refractivity contribution in [1.29, 1.82) is 0 Å². The van der Waals surface area contributed by atoms with Crippen molar-refractivity contribution in [2.24, 2.45) is 11.8 Å². The molecular formula is C10H20ClN. The van der Waals surface area contributed by atoms with Crippen LogP contribution in [0.15, 0.2) is 12.7 Å². The highest BCUT2D eigenvalue weighted by atomic mass is 35.5. The van der Waals surface area contributed by atoms with Gasteiger partial charge in [-0.2, -0.15) is 0 Å². The van der Waals surface area contributed by atoms with Gasteiger partial charge in [-0.3, -0.25) is 0 Å². The standard InChI is InChI=1S/C10H19N.ClH/c1-4-5-6-11-7-9(2)10(3)8-11;/h4,9-10H,1,5-8H2,2-3H3;1H. The molecule has 72 valence electrons. The number of hydrogen-bond acceptors (Lipinski definition) is 1. The van der Waals surface area contributed by atoms with Gasteiger partial charge in [-0.05, 0) is 18.3 Å². The lowest BCUT2D eigenvalue weighted by Gasteiger charge is -2.12. The Morgan fingerprint density at radius 3 is 2.25 bits per heavy atom. The molecule has 1 rings (SSSR count). The zero-order valence-corrected chi connectivity index (χ0v) is 8.94. The van der Waals surface area contributed by atoms with E-state index in [9.17, 15) is 0 Å². The van der Waals surface area contributed by atoms with E-state index in [4.69, 9.17) is 0 Å². The molecule has 1 nitrogen and oxygen atoms in total. The van der Waals surface area contributed by atoms with Crippen LogP contribution in [0.1, 0.15) is 20.3 Å². The first-order valence-electron chi connectivity index (χ1n) is 4.57. The number of rotatable bonds is 3. The summed E-state index contributed by atoms with van der Waals surface area (Å²) in [6.07, 6.45) is 3.15. The first-order chi connectivity index (χ1) is 5.24. The molecular weight excluding hydrogens is 170 g/mol. The van der Waals surface area contributed by atoms with Crippen molar-refractivity contribution in [2.45, 2.75) is 20.3 Å². The van der Waals surface area contributed by atoms with Gasteiger partial charge in [0.1, 0.15) is 0 Å². The van der Waals surface area contributed by atoms with E-state index in [0.29, 0.717) is 0 Å². The van der Waals surface area contributed by atoms with E-state index >= 15 is 0 Å². The van der Waals surface area contributed by atoms with Crippen molar-refractivity contribution in [3.8, 4) is 0 Å². The molecule has 0 aromatic rings. The minimum Gasteiger partial charge on any atom is -0.302 e. The summed E-state index contributed by atoms with van der Waals surface area (Å²) in [6.45, 7) is 12.2. The second-order valence-electron chi connectivity index (χ2n) is 3.79. The Balaban J connectivity index is 0.00000121. The summed E-state index contributed by atoms with van der Waals surface area (Å²) in [5.41, 5.74) is 0. The van der Waals surface area contributed by atoms with Crippen LogP contribution in [0.5, 0.6) is 0 Å². The molecule has 0 aromatic carbocycles. The van der Waals surface area contributed by atoms with Crippen LogP contribution in [-0.2, 0) is 0 Å². The Morgan fingerprint density at radius 2 is 1.83 bits per heavy atom. The third-order valence-corrected chi connectivity index (χ3v) is 2.71. The lowest BCUT2D eigenvalue weighted by Crippen LogP contribution is -2.21. The second-order valence-corrected chi connectivity index (χ2v) is 3.79. The van der Waals surface area contributed by atoms with Crippen LogP contribution >= 0.6 is 12.4 Å². The van der Waals surface area contributed by atoms with E-state index in [1.165, 1.54) is 19.6 Å². The van der Waals surface area contributed by atoms with Gasteiger partial charge in [-0.15, -0.1) is 19.0 Å². The maximum absolute atomic E-state index is 3.73. The van der Waals surface area contributed by atoms with Gasteiger partial charge in [0.2, 0.25) is 0 Å². The molecule has 0 saturated carbocycles. The molecule has 0 N–H and O–H groups in total. The van der Waals surface area contributed by atoms with Crippen molar-refractivity contribution in [1.82, 2.24) is 4.90 Å². The Labute approximate surface area is 82.2 Å². The summed E-state index contributed by atoms with van der Waals surface area (Å²) in [7, 11) is 0. The summed E-state index contributed by atoms with van der Waals surface area (Å²) >= 11 is 0. The summed E-state index contributed by atoms with van der Waals surface area (Å²) in [4.78, 5) is 2.54. The van der Waals surface area contributed by atoms with E-state index in [0.717, 1.165) is 18.3 Å². The first kappa shape index (κ1) is 12.0. The molecule has 2 unspecified atom stereocenters. The molecule has 0 bridgehead atoms. The topological polar surface area (TPSA) is 3.24 Å². The Kier molecular flexibility index (Phi) is 5.60. The van der Waals surface area contributed by atoms with Gasteiger partial charge < -0.3 is 4.90 Å². The monoisotopic (exact) mass is 189 g/mol. The lowest BCUT2D eigenvalue weighted by molar-refractivity contribution is 0.330. The SMILES string of the molecule is C=CCCN1CC(C)C(C)C1.Cl. The number of likely N-dealkylation sites (tertiary alicyclic amines) is 1. The van der Waals surface area contributed by atoms with Crippen LogP contribution in [0, 0.1) is 11.8 Å². The molecule has 0 aromatic heterocycles. The average molecular weight is 190 g/mol. The molecule has 1 fully saturated rings. The zero-order valence-electron chi connectivity index (χ0n) is 8.12. The minimum atomic E-state index is 0. The van der Waals surface area contributed by atoms with Crippen molar-refractivity contribution in [3.63, 3.8) is 0 Å². The molecule has 0 spiro atoms. The fourth-order valence-electron chi connectivity index (χ4n) is 1.71. The molecule has 1 saturated heterocycles. The highest BCUT2D eigenvalue weighted by Crippen LogP contribution is 2.21. The fourth-order valence-corrected chi connectivity index (χ4v) is 1.71. The van der Waals surface area contributed by atoms with Crippen LogP contribution in [0.25, 0.3) is 0 Å². The fraction of sp³-hybridized carbons (Fsp3) is 0.800. The molecule has 2 atom stereocenters. The van der Waals surface area contributed by atoms with Gasteiger partial charge in [0, 0.05) is 19.6 Å². The first-order valence-corrected chi connectivity index (χ1v) is 4.57. The van der Waals surface area contributed by atoms with Crippen molar-refractivity contribution >= 4 is 12.4 Å². The van der Waals surface area contributed by atoms with E-state index < -0.39 is 0 Å². The quantitative estimate of drug-likeness (QED) is 0.617. The maximum atomic E-state index is 3.73. The highest BCUT2D eigenvalue weighted by Gasteiger charge is 2.24. The molecule has 1 aliphatic heterocycles. The van der Waals surface area contributed by atoms with Gasteiger partial charge in [-0.25, -0.2) is 0 Å². The predicted octanol–water partition coefficient (Wildman–Crippen LogP) is 2.57. The van der Waals surface area contributed by atoms with Gasteiger partial charge >= 0.3 is 0 Å². The van der Waals surface area contributed by atoms with Crippen molar-refractivity contribution < 1.29 is 0 Å². The molecule has 1 heterocycles. The smallest absolute Gasteiger partial charge is 0.00160 e. The Bertz CT molecular complexity index is 126. The highest BCUT2D eigenvalue weighted by molar-refractivity contribution is 5.85. The molecule has 0 amide bonds. The van der Waals surface area contributed by atoms with E-state index in [1.54, 1.807) is 0 Å². The van der Waals surface area contributed by atoms with Gasteiger partial charge in [0.05, 0.1) is 0 Å². The molecule has 0 radical (unpaired) electrons. The molecule has 1 aliphatic rings. The van der Waals surface area contributed by atoms with Crippen molar-refractivity contribution in [3.05, 3.63) is 12.7 Å². The summed E-state index contributed by atoms with van der Waals surface area (Å²) in [5, 5.41) is 0. The van der Waals surface area contributed by atoms with E-state index in [1.807, 2.05) is 6.08 Å². The number of halogens is 1. The molecule has 2 heteroatoms. The number of nitrogens with zero attached hydrogens (tertiary/aromatic N) is 1. The third-order valence-electron chi connectivity index (χ3n) is 2.71. The summed E-state index contributed by atoms with van der Waals surface area (Å²) in [6, 6.07) is 0. The van der Waals surface area contributed by atoms with E-state index in [-0.39, 0.29) is 12.4 Å². The van der Waals surface area contributed by atoms with Gasteiger partial charge in [-0.1, -0.05) is 19.9 Å². The van der Waals surface area contributed by atoms with Crippen LogP contribution < -0.4 is 0 Å². The lowest BCUT2D eigenvalue weighted by atomic mass is 10.0. The summed E-state index contributed by atoms with van der Waals surface area (Å²) < 4.78 is 0. The second kappa shape index (κ2) is 5.60. The van der Waals surface area contributed by atoms with Crippen LogP contribution in [-0.4, -0.2) is 24.5 Å². The Hall–Kier alpha value is -0.0100. The number of hydrogen-bond donors (Lipinski definition) is 0. The van der Waals surface area contributed by atoms with Crippen LogP contribution in [0.3, 0.4) is 0 Å². The van der Waals surface area contributed by atoms with Gasteiger partial charge in [0.25, 0.3) is 0 Å².